The fourth-order valence-corrected chi connectivity index (χ4v) is 2.51. The van der Waals surface area contributed by atoms with Crippen molar-refractivity contribution in [1.29, 1.82) is 0 Å². The molecule has 1 unspecified atom stereocenters. The Morgan fingerprint density at radius 1 is 1.12 bits per heavy atom. The Kier molecular flexibility index (Phi) is 6.86. The Balaban J connectivity index is 1.85. The fraction of sp³-hybridized carbons (Fsp3) is 0.263. The highest BCUT2D eigenvalue weighted by Gasteiger charge is 2.11. The third-order valence-corrected chi connectivity index (χ3v) is 3.85. The average molecular weight is 378 g/mol. The van der Waals surface area contributed by atoms with E-state index in [0.29, 0.717) is 16.5 Å². The van der Waals surface area contributed by atoms with Crippen LogP contribution in [0.4, 0.5) is 0 Å². The van der Waals surface area contributed by atoms with Crippen LogP contribution in [0.25, 0.3) is 0 Å². The molecule has 0 aromatic heterocycles. The number of carboxylic acids is 1. The number of ether oxygens (including phenoxy) is 2. The molecule has 2 aromatic carbocycles. The molecule has 0 fully saturated rings. The lowest BCUT2D eigenvalue weighted by Crippen LogP contribution is -2.31. The quantitative estimate of drug-likeness (QED) is 0.736. The zero-order valence-electron chi connectivity index (χ0n) is 14.5. The zero-order chi connectivity index (χ0) is 19.1. The molecular weight excluding hydrogens is 358 g/mol. The Morgan fingerprint density at radius 3 is 2.42 bits per heavy atom. The molecule has 0 spiro atoms. The lowest BCUT2D eigenvalue weighted by atomic mass is 10.1. The van der Waals surface area contributed by atoms with Crippen molar-refractivity contribution in [2.45, 2.75) is 19.9 Å². The van der Waals surface area contributed by atoms with E-state index in [4.69, 9.17) is 26.2 Å². The molecule has 138 valence electrons. The van der Waals surface area contributed by atoms with E-state index >= 15 is 0 Å². The normalized spacial score (nSPS) is 11.5. The monoisotopic (exact) mass is 377 g/mol. The lowest BCUT2D eigenvalue weighted by molar-refractivity contribution is -0.139. The number of carbonyl (C=O) groups is 2. The molecule has 0 aliphatic rings. The molecule has 26 heavy (non-hydrogen) atoms. The highest BCUT2D eigenvalue weighted by molar-refractivity contribution is 6.30. The minimum Gasteiger partial charge on any atom is -0.484 e. The first kappa shape index (κ1) is 19.6. The maximum Gasteiger partial charge on any atom is 0.341 e. The predicted octanol–water partition coefficient (Wildman–Crippen LogP) is 3.37. The number of carbonyl (C=O) groups excluding carboxylic acids is 1. The summed E-state index contributed by atoms with van der Waals surface area (Å²) in [6.07, 6.45) is 0. The van der Waals surface area contributed by atoms with E-state index in [0.717, 1.165) is 11.1 Å². The molecule has 7 heteroatoms. The summed E-state index contributed by atoms with van der Waals surface area (Å²) in [4.78, 5) is 22.6. The van der Waals surface area contributed by atoms with Crippen molar-refractivity contribution in [3.63, 3.8) is 0 Å². The standard InChI is InChI=1S/C19H20ClNO5/c1-12-9-15(20)5-8-17(12)26-10-18(22)21-13(2)14-3-6-16(7-4-14)25-11-19(23)24/h3-9,13H,10-11H2,1-2H3,(H,21,22)(H,23,24). The minimum absolute atomic E-state index is 0.105. The van der Waals surface area contributed by atoms with Crippen molar-refractivity contribution >= 4 is 23.5 Å². The van der Waals surface area contributed by atoms with Gasteiger partial charge < -0.3 is 19.9 Å². The van der Waals surface area contributed by atoms with Crippen LogP contribution in [0.5, 0.6) is 11.5 Å². The maximum atomic E-state index is 12.1. The number of hydrogen-bond donors (Lipinski definition) is 2. The van der Waals surface area contributed by atoms with Crippen molar-refractivity contribution in [1.82, 2.24) is 5.32 Å². The number of halogens is 1. The van der Waals surface area contributed by atoms with Crippen LogP contribution in [0, 0.1) is 6.92 Å². The molecule has 0 radical (unpaired) electrons. The lowest BCUT2D eigenvalue weighted by Gasteiger charge is -2.16. The molecule has 0 aliphatic carbocycles. The summed E-state index contributed by atoms with van der Waals surface area (Å²) in [6, 6.07) is 11.8. The van der Waals surface area contributed by atoms with Crippen molar-refractivity contribution in [2.75, 3.05) is 13.2 Å². The van der Waals surface area contributed by atoms with Gasteiger partial charge in [0.1, 0.15) is 11.5 Å². The first-order valence-corrected chi connectivity index (χ1v) is 8.36. The molecular formula is C19H20ClNO5. The van der Waals surface area contributed by atoms with E-state index in [1.54, 1.807) is 42.5 Å². The van der Waals surface area contributed by atoms with Crippen LogP contribution >= 0.6 is 11.6 Å². The molecule has 6 nitrogen and oxygen atoms in total. The summed E-state index contributed by atoms with van der Waals surface area (Å²) in [5.41, 5.74) is 1.72. The van der Waals surface area contributed by atoms with Gasteiger partial charge >= 0.3 is 5.97 Å². The van der Waals surface area contributed by atoms with Gasteiger partial charge in [-0.05, 0) is 55.3 Å². The molecule has 0 saturated heterocycles. The van der Waals surface area contributed by atoms with Gasteiger partial charge in [-0.1, -0.05) is 23.7 Å². The Bertz CT molecular complexity index is 776. The van der Waals surface area contributed by atoms with Crippen LogP contribution in [0.3, 0.4) is 0 Å². The second kappa shape index (κ2) is 9.10. The number of aliphatic carboxylic acids is 1. The number of rotatable bonds is 8. The molecule has 1 atom stereocenters. The SMILES string of the molecule is Cc1cc(Cl)ccc1OCC(=O)NC(C)c1ccc(OCC(=O)O)cc1. The van der Waals surface area contributed by atoms with Crippen LogP contribution in [-0.2, 0) is 9.59 Å². The number of amides is 1. The molecule has 0 saturated carbocycles. The third-order valence-electron chi connectivity index (χ3n) is 3.62. The first-order chi connectivity index (χ1) is 12.3. The van der Waals surface area contributed by atoms with E-state index in [9.17, 15) is 9.59 Å². The Labute approximate surface area is 156 Å². The molecule has 0 bridgehead atoms. The molecule has 1 amide bonds. The summed E-state index contributed by atoms with van der Waals surface area (Å²) >= 11 is 5.89. The number of aryl methyl sites for hydroxylation is 1. The number of nitrogens with one attached hydrogen (secondary N) is 1. The van der Waals surface area contributed by atoms with Crippen LogP contribution < -0.4 is 14.8 Å². The van der Waals surface area contributed by atoms with Gasteiger partial charge in [-0.15, -0.1) is 0 Å². The van der Waals surface area contributed by atoms with Gasteiger partial charge in [-0.2, -0.15) is 0 Å². The van der Waals surface area contributed by atoms with Crippen molar-refractivity contribution in [3.8, 4) is 11.5 Å². The number of benzene rings is 2. The molecule has 2 N–H and O–H groups in total. The largest absolute Gasteiger partial charge is 0.484 e. The Morgan fingerprint density at radius 2 is 1.81 bits per heavy atom. The zero-order valence-corrected chi connectivity index (χ0v) is 15.2. The van der Waals surface area contributed by atoms with E-state index in [1.807, 2.05) is 13.8 Å². The summed E-state index contributed by atoms with van der Waals surface area (Å²) in [7, 11) is 0. The molecule has 0 heterocycles. The van der Waals surface area contributed by atoms with Gasteiger partial charge in [0.25, 0.3) is 5.91 Å². The molecule has 2 aromatic rings. The smallest absolute Gasteiger partial charge is 0.341 e. The van der Waals surface area contributed by atoms with Gasteiger partial charge in [0.05, 0.1) is 6.04 Å². The van der Waals surface area contributed by atoms with Crippen molar-refractivity contribution < 1.29 is 24.2 Å². The van der Waals surface area contributed by atoms with Crippen molar-refractivity contribution in [2.24, 2.45) is 0 Å². The fourth-order valence-electron chi connectivity index (χ4n) is 2.28. The highest BCUT2D eigenvalue weighted by atomic mass is 35.5. The maximum absolute atomic E-state index is 12.1. The van der Waals surface area contributed by atoms with Gasteiger partial charge in [0, 0.05) is 5.02 Å². The van der Waals surface area contributed by atoms with Gasteiger partial charge in [-0.25, -0.2) is 4.79 Å². The van der Waals surface area contributed by atoms with Gasteiger partial charge in [0.15, 0.2) is 13.2 Å². The van der Waals surface area contributed by atoms with Crippen molar-refractivity contribution in [3.05, 3.63) is 58.6 Å². The Hall–Kier alpha value is -2.73. The third kappa shape index (κ3) is 5.97. The second-order valence-electron chi connectivity index (χ2n) is 5.74. The van der Waals surface area contributed by atoms with Gasteiger partial charge in [-0.3, -0.25) is 4.79 Å². The summed E-state index contributed by atoms with van der Waals surface area (Å²) < 4.78 is 10.6. The van der Waals surface area contributed by atoms with E-state index in [2.05, 4.69) is 5.32 Å². The van der Waals surface area contributed by atoms with Crippen LogP contribution in [0.15, 0.2) is 42.5 Å². The van der Waals surface area contributed by atoms with E-state index in [1.165, 1.54) is 0 Å². The summed E-state index contributed by atoms with van der Waals surface area (Å²) in [5.74, 6) is -0.225. The highest BCUT2D eigenvalue weighted by Crippen LogP contribution is 2.22. The second-order valence-corrected chi connectivity index (χ2v) is 6.18. The topological polar surface area (TPSA) is 84.9 Å². The molecule has 2 rings (SSSR count). The summed E-state index contributed by atoms with van der Waals surface area (Å²) in [6.45, 7) is 3.20. The first-order valence-electron chi connectivity index (χ1n) is 7.98. The van der Waals surface area contributed by atoms with Crippen LogP contribution in [-0.4, -0.2) is 30.2 Å². The molecule has 0 aliphatic heterocycles. The van der Waals surface area contributed by atoms with Gasteiger partial charge in [0.2, 0.25) is 0 Å². The predicted molar refractivity (Wildman–Crippen MR) is 97.8 cm³/mol. The summed E-state index contributed by atoms with van der Waals surface area (Å²) in [5, 5.41) is 12.0. The average Bonchev–Trinajstić information content (AvgIpc) is 2.59. The minimum atomic E-state index is -1.04. The van der Waals surface area contributed by atoms with Crippen LogP contribution in [0.2, 0.25) is 5.02 Å². The van der Waals surface area contributed by atoms with Crippen LogP contribution in [0.1, 0.15) is 24.1 Å². The van der Waals surface area contributed by atoms with E-state index in [-0.39, 0.29) is 18.6 Å². The number of carboxylic acid groups (broad SMARTS) is 1. The number of hydrogen-bond acceptors (Lipinski definition) is 4. The van der Waals surface area contributed by atoms with E-state index < -0.39 is 12.6 Å².